The predicted molar refractivity (Wildman–Crippen MR) is 75.5 cm³/mol. The van der Waals surface area contributed by atoms with Crippen LogP contribution >= 0.6 is 0 Å². The minimum atomic E-state index is 0.274. The van der Waals surface area contributed by atoms with Gasteiger partial charge in [-0.05, 0) is 44.4 Å². The third-order valence-electron chi connectivity index (χ3n) is 4.74. The maximum atomic E-state index is 6.35. The maximum Gasteiger partial charge on any atom is 0.0954 e. The lowest BCUT2D eigenvalue weighted by Gasteiger charge is -2.41. The molecule has 18 heavy (non-hydrogen) atoms. The molecule has 0 aliphatic heterocycles. The first-order valence-electron chi connectivity index (χ1n) is 7.06. The zero-order chi connectivity index (χ0) is 13.5. The molecule has 0 bridgehead atoms. The number of hydrogen-bond donors (Lipinski definition) is 1. The normalized spacial score (nSPS) is 29.6. The molecule has 1 aliphatic rings. The first-order chi connectivity index (χ1) is 8.30. The molecule has 1 saturated carbocycles. The molecular formula is C15H27N3. The van der Waals surface area contributed by atoms with Gasteiger partial charge in [0, 0.05) is 11.7 Å². The van der Waals surface area contributed by atoms with Gasteiger partial charge in [0.1, 0.15) is 0 Å². The fraction of sp³-hybridized carbons (Fsp3) is 0.800. The van der Waals surface area contributed by atoms with Gasteiger partial charge in [-0.1, -0.05) is 20.8 Å². The van der Waals surface area contributed by atoms with Crippen molar-refractivity contribution in [3.63, 3.8) is 0 Å². The highest BCUT2D eigenvalue weighted by Crippen LogP contribution is 2.42. The number of imidazole rings is 1. The van der Waals surface area contributed by atoms with Gasteiger partial charge in [-0.15, -0.1) is 0 Å². The van der Waals surface area contributed by atoms with Crippen molar-refractivity contribution < 1.29 is 0 Å². The largest absolute Gasteiger partial charge is 0.330 e. The molecule has 3 unspecified atom stereocenters. The van der Waals surface area contributed by atoms with Crippen LogP contribution in [0.5, 0.6) is 0 Å². The average molecular weight is 249 g/mol. The van der Waals surface area contributed by atoms with Gasteiger partial charge in [0.2, 0.25) is 0 Å². The smallest absolute Gasteiger partial charge is 0.0954 e. The van der Waals surface area contributed by atoms with Gasteiger partial charge in [-0.3, -0.25) is 0 Å². The molecule has 102 valence electrons. The van der Waals surface area contributed by atoms with E-state index in [0.717, 1.165) is 18.0 Å². The van der Waals surface area contributed by atoms with Crippen molar-refractivity contribution in [1.82, 2.24) is 9.55 Å². The Morgan fingerprint density at radius 1 is 1.28 bits per heavy atom. The summed E-state index contributed by atoms with van der Waals surface area (Å²) in [7, 11) is 0. The van der Waals surface area contributed by atoms with Crippen LogP contribution in [0.2, 0.25) is 0 Å². The molecular weight excluding hydrogens is 222 g/mol. The Hall–Kier alpha value is -0.830. The second-order valence-corrected chi connectivity index (χ2v) is 6.93. The minimum absolute atomic E-state index is 0.274. The molecule has 1 fully saturated rings. The molecule has 2 rings (SSSR count). The van der Waals surface area contributed by atoms with Crippen molar-refractivity contribution in [1.29, 1.82) is 0 Å². The summed E-state index contributed by atoms with van der Waals surface area (Å²) in [6, 6.07) is 0.695. The molecule has 0 radical (unpaired) electrons. The van der Waals surface area contributed by atoms with E-state index in [0.29, 0.717) is 11.5 Å². The fourth-order valence-electron chi connectivity index (χ4n) is 3.13. The van der Waals surface area contributed by atoms with Crippen molar-refractivity contribution in [2.75, 3.05) is 0 Å². The van der Waals surface area contributed by atoms with E-state index < -0.39 is 0 Å². The summed E-state index contributed by atoms with van der Waals surface area (Å²) in [6.07, 6.45) is 5.54. The van der Waals surface area contributed by atoms with Gasteiger partial charge < -0.3 is 10.3 Å². The van der Waals surface area contributed by atoms with E-state index in [2.05, 4.69) is 44.2 Å². The summed E-state index contributed by atoms with van der Waals surface area (Å²) in [5.41, 5.74) is 9.12. The Bertz CT molecular complexity index is 414. The Kier molecular flexibility index (Phi) is 3.54. The van der Waals surface area contributed by atoms with E-state index in [-0.39, 0.29) is 6.04 Å². The highest BCUT2D eigenvalue weighted by Gasteiger charge is 2.35. The fourth-order valence-corrected chi connectivity index (χ4v) is 3.13. The zero-order valence-corrected chi connectivity index (χ0v) is 12.4. The van der Waals surface area contributed by atoms with Gasteiger partial charge in [-0.2, -0.15) is 0 Å². The Balaban J connectivity index is 2.23. The van der Waals surface area contributed by atoms with E-state index in [9.17, 15) is 0 Å². The standard InChI is InChI=1S/C15H27N3/c1-10-11(2)18(9-17-10)14-8-12(15(3,4)5)6-7-13(14)16/h9,12-14H,6-8,16H2,1-5H3. The first kappa shape index (κ1) is 13.6. The molecule has 3 heteroatoms. The van der Waals surface area contributed by atoms with Crippen LogP contribution in [0.1, 0.15) is 57.5 Å². The summed E-state index contributed by atoms with van der Waals surface area (Å²) < 4.78 is 2.30. The van der Waals surface area contributed by atoms with Crippen molar-refractivity contribution >= 4 is 0 Å². The maximum absolute atomic E-state index is 6.35. The number of nitrogens with two attached hydrogens (primary N) is 1. The lowest BCUT2D eigenvalue weighted by Crippen LogP contribution is -2.41. The second-order valence-electron chi connectivity index (χ2n) is 6.93. The van der Waals surface area contributed by atoms with Gasteiger partial charge in [0.05, 0.1) is 18.1 Å². The summed E-state index contributed by atoms with van der Waals surface area (Å²) in [4.78, 5) is 4.42. The molecule has 1 aromatic rings. The van der Waals surface area contributed by atoms with Gasteiger partial charge >= 0.3 is 0 Å². The van der Waals surface area contributed by atoms with E-state index in [1.165, 1.54) is 18.5 Å². The summed E-state index contributed by atoms with van der Waals surface area (Å²) in [5.74, 6) is 0.754. The van der Waals surface area contributed by atoms with E-state index in [4.69, 9.17) is 5.73 Å². The molecule has 1 aliphatic carbocycles. The third-order valence-corrected chi connectivity index (χ3v) is 4.74. The third kappa shape index (κ3) is 2.46. The summed E-state index contributed by atoms with van der Waals surface area (Å²) in [6.45, 7) is 11.3. The van der Waals surface area contributed by atoms with Crippen molar-refractivity contribution in [2.24, 2.45) is 17.1 Å². The zero-order valence-electron chi connectivity index (χ0n) is 12.4. The van der Waals surface area contributed by atoms with Crippen molar-refractivity contribution in [3.8, 4) is 0 Å². The monoisotopic (exact) mass is 249 g/mol. The van der Waals surface area contributed by atoms with Crippen LogP contribution in [0.3, 0.4) is 0 Å². The lowest BCUT2D eigenvalue weighted by atomic mass is 9.69. The molecule has 1 aromatic heterocycles. The van der Waals surface area contributed by atoms with E-state index in [1.807, 2.05) is 6.33 Å². The van der Waals surface area contributed by atoms with Crippen LogP contribution in [0, 0.1) is 25.2 Å². The van der Waals surface area contributed by atoms with Crippen molar-refractivity contribution in [3.05, 3.63) is 17.7 Å². The van der Waals surface area contributed by atoms with E-state index in [1.54, 1.807) is 0 Å². The SMILES string of the molecule is Cc1ncn(C2CC(C(C)(C)C)CCC2N)c1C. The van der Waals surface area contributed by atoms with Crippen molar-refractivity contribution in [2.45, 2.75) is 66.0 Å². The van der Waals surface area contributed by atoms with Gasteiger partial charge in [0.15, 0.2) is 0 Å². The highest BCUT2D eigenvalue weighted by atomic mass is 15.1. The van der Waals surface area contributed by atoms with Crippen LogP contribution in [0.25, 0.3) is 0 Å². The molecule has 0 saturated heterocycles. The number of aryl methyl sites for hydroxylation is 1. The molecule has 3 atom stereocenters. The highest BCUT2D eigenvalue weighted by molar-refractivity contribution is 5.11. The molecule has 0 amide bonds. The Labute approximate surface area is 111 Å². The minimum Gasteiger partial charge on any atom is -0.330 e. The second kappa shape index (κ2) is 4.69. The van der Waals surface area contributed by atoms with Crippen LogP contribution < -0.4 is 5.73 Å². The Morgan fingerprint density at radius 2 is 1.94 bits per heavy atom. The van der Waals surface area contributed by atoms with Crippen LogP contribution in [0.15, 0.2) is 6.33 Å². The lowest BCUT2D eigenvalue weighted by molar-refractivity contribution is 0.129. The van der Waals surface area contributed by atoms with Crippen LogP contribution in [0.4, 0.5) is 0 Å². The molecule has 2 N–H and O–H groups in total. The predicted octanol–water partition coefficient (Wildman–Crippen LogP) is 3.21. The number of nitrogens with zero attached hydrogens (tertiary/aromatic N) is 2. The van der Waals surface area contributed by atoms with Gasteiger partial charge in [-0.25, -0.2) is 4.98 Å². The number of rotatable bonds is 1. The molecule has 0 spiro atoms. The number of hydrogen-bond acceptors (Lipinski definition) is 2. The summed E-state index contributed by atoms with van der Waals surface area (Å²) >= 11 is 0. The first-order valence-corrected chi connectivity index (χ1v) is 7.06. The van der Waals surface area contributed by atoms with E-state index >= 15 is 0 Å². The summed E-state index contributed by atoms with van der Waals surface area (Å²) in [5, 5.41) is 0. The molecule has 1 heterocycles. The van der Waals surface area contributed by atoms with Gasteiger partial charge in [0.25, 0.3) is 0 Å². The average Bonchev–Trinajstić information content (AvgIpc) is 2.59. The molecule has 3 nitrogen and oxygen atoms in total. The topological polar surface area (TPSA) is 43.8 Å². The van der Waals surface area contributed by atoms with Crippen LogP contribution in [-0.2, 0) is 0 Å². The quantitative estimate of drug-likeness (QED) is 0.830. The van der Waals surface area contributed by atoms with Crippen LogP contribution in [-0.4, -0.2) is 15.6 Å². The Morgan fingerprint density at radius 3 is 2.44 bits per heavy atom. The number of aromatic nitrogens is 2. The molecule has 0 aromatic carbocycles.